The molecule has 0 spiro atoms. The van der Waals surface area contributed by atoms with Gasteiger partial charge in [-0.05, 0) is 50.3 Å². The molecule has 1 aromatic rings. The van der Waals surface area contributed by atoms with Crippen molar-refractivity contribution in [2.75, 3.05) is 13.1 Å². The smallest absolute Gasteiger partial charge is 0.254 e. The number of likely N-dealkylation sites (tertiary alicyclic amines) is 1. The molecule has 0 bridgehead atoms. The minimum absolute atomic E-state index is 0.206. The molecule has 1 saturated heterocycles. The summed E-state index contributed by atoms with van der Waals surface area (Å²) < 4.78 is 0. The van der Waals surface area contributed by atoms with Gasteiger partial charge in [0.25, 0.3) is 5.91 Å². The van der Waals surface area contributed by atoms with Gasteiger partial charge in [0.1, 0.15) is 0 Å². The van der Waals surface area contributed by atoms with Crippen molar-refractivity contribution in [2.24, 2.45) is 5.73 Å². The van der Waals surface area contributed by atoms with Crippen molar-refractivity contribution in [3.63, 3.8) is 0 Å². The molecule has 104 valence electrons. The summed E-state index contributed by atoms with van der Waals surface area (Å²) in [4.78, 5) is 14.8. The number of carbonyl (C=O) groups is 1. The van der Waals surface area contributed by atoms with Gasteiger partial charge in [0.2, 0.25) is 0 Å². The molecule has 0 saturated carbocycles. The second-order valence-electron chi connectivity index (χ2n) is 5.24. The number of nitrogens with two attached hydrogens (primary N) is 1. The minimum Gasteiger partial charge on any atom is -0.336 e. The van der Waals surface area contributed by atoms with Crippen molar-refractivity contribution in [2.45, 2.75) is 45.1 Å². The fourth-order valence-electron chi connectivity index (χ4n) is 2.95. The summed E-state index contributed by atoms with van der Waals surface area (Å²) in [6.07, 6.45) is 5.19. The van der Waals surface area contributed by atoms with Crippen LogP contribution in [0.1, 0.15) is 48.5 Å². The second-order valence-corrected chi connectivity index (χ2v) is 5.24. The van der Waals surface area contributed by atoms with E-state index in [1.165, 1.54) is 0 Å². The quantitative estimate of drug-likeness (QED) is 0.884. The van der Waals surface area contributed by atoms with E-state index < -0.39 is 0 Å². The molecule has 1 fully saturated rings. The average molecular weight is 260 g/mol. The highest BCUT2D eigenvalue weighted by molar-refractivity contribution is 5.96. The number of rotatable bonds is 5. The number of carbonyl (C=O) groups excluding carboxylic acids is 1. The number of aryl methyl sites for hydroxylation is 1. The molecular formula is C16H24N2O. The Morgan fingerprint density at radius 2 is 2.21 bits per heavy atom. The molecule has 3 heteroatoms. The van der Waals surface area contributed by atoms with Crippen LogP contribution in [-0.4, -0.2) is 29.9 Å². The number of amides is 1. The molecule has 0 radical (unpaired) electrons. The van der Waals surface area contributed by atoms with Crippen molar-refractivity contribution in [1.82, 2.24) is 4.90 Å². The van der Waals surface area contributed by atoms with E-state index in [0.29, 0.717) is 12.6 Å². The molecule has 1 aromatic carbocycles. The topological polar surface area (TPSA) is 46.3 Å². The van der Waals surface area contributed by atoms with Crippen LogP contribution in [0.2, 0.25) is 0 Å². The maximum Gasteiger partial charge on any atom is 0.254 e. The van der Waals surface area contributed by atoms with Crippen molar-refractivity contribution >= 4 is 5.91 Å². The van der Waals surface area contributed by atoms with Crippen LogP contribution in [0.3, 0.4) is 0 Å². The van der Waals surface area contributed by atoms with Gasteiger partial charge < -0.3 is 10.6 Å². The first kappa shape index (κ1) is 14.1. The zero-order chi connectivity index (χ0) is 13.7. The summed E-state index contributed by atoms with van der Waals surface area (Å²) >= 11 is 0. The molecular weight excluding hydrogens is 236 g/mol. The Hall–Kier alpha value is -1.35. The van der Waals surface area contributed by atoms with E-state index >= 15 is 0 Å². The molecule has 2 N–H and O–H groups in total. The van der Waals surface area contributed by atoms with Gasteiger partial charge in [-0.1, -0.05) is 25.1 Å². The van der Waals surface area contributed by atoms with E-state index in [1.54, 1.807) is 0 Å². The highest BCUT2D eigenvalue weighted by Crippen LogP contribution is 2.24. The van der Waals surface area contributed by atoms with Gasteiger partial charge >= 0.3 is 0 Å². The van der Waals surface area contributed by atoms with Crippen LogP contribution in [0, 0.1) is 0 Å². The summed E-state index contributed by atoms with van der Waals surface area (Å²) in [5, 5.41) is 0. The molecule has 1 amide bonds. The Balaban J connectivity index is 2.13. The number of nitrogens with zero attached hydrogens (tertiary/aromatic N) is 1. The normalized spacial score (nSPS) is 18.8. The van der Waals surface area contributed by atoms with E-state index in [1.807, 2.05) is 18.2 Å². The minimum atomic E-state index is 0.206. The third-order valence-corrected chi connectivity index (χ3v) is 4.01. The maximum absolute atomic E-state index is 12.7. The summed E-state index contributed by atoms with van der Waals surface area (Å²) in [6.45, 7) is 3.71. The summed E-state index contributed by atoms with van der Waals surface area (Å²) in [7, 11) is 0. The van der Waals surface area contributed by atoms with E-state index in [4.69, 9.17) is 5.73 Å². The Kier molecular flexibility index (Phi) is 4.97. The molecule has 0 aliphatic carbocycles. The van der Waals surface area contributed by atoms with E-state index in [0.717, 1.165) is 49.8 Å². The monoisotopic (exact) mass is 260 g/mol. The van der Waals surface area contributed by atoms with Gasteiger partial charge in [-0.15, -0.1) is 0 Å². The van der Waals surface area contributed by atoms with Gasteiger partial charge in [0.05, 0.1) is 0 Å². The van der Waals surface area contributed by atoms with Crippen LogP contribution in [0.25, 0.3) is 0 Å². The molecule has 2 rings (SSSR count). The van der Waals surface area contributed by atoms with Crippen molar-refractivity contribution in [3.05, 3.63) is 35.4 Å². The van der Waals surface area contributed by atoms with Crippen LogP contribution in [0.15, 0.2) is 24.3 Å². The standard InChI is InChI=1S/C16H24N2O/c1-2-13-7-3-4-10-15(13)16(19)18-12-6-9-14(18)8-5-11-17/h3-4,7,10,14H,2,5-6,8-9,11-12,17H2,1H3. The Bertz CT molecular complexity index is 431. The van der Waals surface area contributed by atoms with Gasteiger partial charge in [0, 0.05) is 18.2 Å². The lowest BCUT2D eigenvalue weighted by atomic mass is 10.0. The van der Waals surface area contributed by atoms with Crippen LogP contribution < -0.4 is 5.73 Å². The average Bonchev–Trinajstić information content (AvgIpc) is 2.92. The molecule has 1 unspecified atom stereocenters. The first-order chi connectivity index (χ1) is 9.27. The zero-order valence-corrected chi connectivity index (χ0v) is 11.8. The van der Waals surface area contributed by atoms with Crippen molar-refractivity contribution < 1.29 is 4.79 Å². The van der Waals surface area contributed by atoms with Gasteiger partial charge in [-0.25, -0.2) is 0 Å². The highest BCUT2D eigenvalue weighted by Gasteiger charge is 2.29. The van der Waals surface area contributed by atoms with Crippen molar-refractivity contribution in [3.8, 4) is 0 Å². The summed E-state index contributed by atoms with van der Waals surface area (Å²) in [6, 6.07) is 8.36. The SMILES string of the molecule is CCc1ccccc1C(=O)N1CCCC1CCCN. The second kappa shape index (κ2) is 6.71. The lowest BCUT2D eigenvalue weighted by Crippen LogP contribution is -2.36. The number of hydrogen-bond donors (Lipinski definition) is 1. The predicted molar refractivity (Wildman–Crippen MR) is 78.2 cm³/mol. The summed E-state index contributed by atoms with van der Waals surface area (Å²) in [5.74, 6) is 0.206. The Morgan fingerprint density at radius 3 is 2.95 bits per heavy atom. The fraction of sp³-hybridized carbons (Fsp3) is 0.562. The zero-order valence-electron chi connectivity index (χ0n) is 11.8. The largest absolute Gasteiger partial charge is 0.336 e. The third-order valence-electron chi connectivity index (χ3n) is 4.01. The molecule has 1 heterocycles. The number of benzene rings is 1. The van der Waals surface area contributed by atoms with E-state index in [2.05, 4.69) is 17.9 Å². The molecule has 3 nitrogen and oxygen atoms in total. The van der Waals surface area contributed by atoms with Crippen molar-refractivity contribution in [1.29, 1.82) is 0 Å². The first-order valence-corrected chi connectivity index (χ1v) is 7.36. The van der Waals surface area contributed by atoms with Gasteiger partial charge in [0.15, 0.2) is 0 Å². The lowest BCUT2D eigenvalue weighted by molar-refractivity contribution is 0.0728. The maximum atomic E-state index is 12.7. The van der Waals surface area contributed by atoms with Gasteiger partial charge in [-0.2, -0.15) is 0 Å². The Morgan fingerprint density at radius 1 is 1.42 bits per heavy atom. The molecule has 1 aliphatic heterocycles. The van der Waals surface area contributed by atoms with Crippen LogP contribution >= 0.6 is 0 Å². The number of hydrogen-bond acceptors (Lipinski definition) is 2. The fourth-order valence-corrected chi connectivity index (χ4v) is 2.95. The molecule has 19 heavy (non-hydrogen) atoms. The lowest BCUT2D eigenvalue weighted by Gasteiger charge is -2.25. The first-order valence-electron chi connectivity index (χ1n) is 7.36. The molecule has 1 atom stereocenters. The Labute approximate surface area is 115 Å². The van der Waals surface area contributed by atoms with Gasteiger partial charge in [-0.3, -0.25) is 4.79 Å². The third kappa shape index (κ3) is 3.16. The van der Waals surface area contributed by atoms with Crippen LogP contribution in [0.4, 0.5) is 0 Å². The molecule has 0 aromatic heterocycles. The highest BCUT2D eigenvalue weighted by atomic mass is 16.2. The predicted octanol–water partition coefficient (Wildman–Crippen LogP) is 2.59. The molecule has 1 aliphatic rings. The van der Waals surface area contributed by atoms with Crippen LogP contribution in [0.5, 0.6) is 0 Å². The summed E-state index contributed by atoms with van der Waals surface area (Å²) in [5.41, 5.74) is 7.61. The van der Waals surface area contributed by atoms with Crippen LogP contribution in [-0.2, 0) is 6.42 Å². The van der Waals surface area contributed by atoms with E-state index in [9.17, 15) is 4.79 Å². The van der Waals surface area contributed by atoms with E-state index in [-0.39, 0.29) is 5.91 Å².